The Labute approximate surface area is 60.1 Å². The number of rotatable bonds is 3. The number of alkyl halides is 1. The van der Waals surface area contributed by atoms with E-state index in [4.69, 9.17) is 21.1 Å². The molecule has 0 N–H and O–H groups in total. The normalized spacial score (nSPS) is 27.0. The van der Waals surface area contributed by atoms with E-state index in [0.29, 0.717) is 18.6 Å². The molecule has 1 rings (SSSR count). The van der Waals surface area contributed by atoms with Crippen LogP contribution in [0.5, 0.6) is 0 Å². The quantitative estimate of drug-likeness (QED) is 0.560. The summed E-state index contributed by atoms with van der Waals surface area (Å²) in [5.41, 5.74) is 0. The van der Waals surface area contributed by atoms with Crippen LogP contribution in [0.15, 0.2) is 0 Å². The van der Waals surface area contributed by atoms with E-state index in [9.17, 15) is 0 Å². The molecule has 0 bridgehead atoms. The van der Waals surface area contributed by atoms with Crippen molar-refractivity contribution in [3.63, 3.8) is 0 Å². The van der Waals surface area contributed by atoms with Crippen LogP contribution in [0.25, 0.3) is 0 Å². The van der Waals surface area contributed by atoms with Gasteiger partial charge in [-0.15, -0.1) is 11.6 Å². The highest BCUT2D eigenvalue weighted by molar-refractivity contribution is 6.17. The smallest absolute Gasteiger partial charge is 0.0830 e. The van der Waals surface area contributed by atoms with Gasteiger partial charge in [-0.3, -0.25) is 0 Å². The molecule has 0 aromatic heterocycles. The fourth-order valence-corrected chi connectivity index (χ4v) is 0.945. The van der Waals surface area contributed by atoms with Gasteiger partial charge in [0.05, 0.1) is 19.3 Å². The van der Waals surface area contributed by atoms with Crippen molar-refractivity contribution >= 4 is 11.6 Å². The topological polar surface area (TPSA) is 18.5 Å². The zero-order valence-electron chi connectivity index (χ0n) is 5.31. The minimum absolute atomic E-state index is 0.309. The zero-order valence-corrected chi connectivity index (χ0v) is 6.06. The molecule has 1 aliphatic heterocycles. The Morgan fingerprint density at radius 3 is 3.11 bits per heavy atom. The van der Waals surface area contributed by atoms with Gasteiger partial charge in [0, 0.05) is 12.5 Å². The van der Waals surface area contributed by atoms with Crippen LogP contribution in [-0.2, 0) is 9.47 Å². The first kappa shape index (κ1) is 7.32. The molecule has 54 valence electrons. The summed E-state index contributed by atoms with van der Waals surface area (Å²) < 4.78 is 10.4. The highest BCUT2D eigenvalue weighted by Gasteiger charge is 2.14. The molecule has 0 spiro atoms. The van der Waals surface area contributed by atoms with Gasteiger partial charge < -0.3 is 9.47 Å². The molecule has 0 amide bonds. The van der Waals surface area contributed by atoms with Crippen molar-refractivity contribution in [2.75, 3.05) is 25.7 Å². The Balaban J connectivity index is 1.98. The number of hydrogen-bond acceptors (Lipinski definition) is 2. The molecule has 1 fully saturated rings. The van der Waals surface area contributed by atoms with Gasteiger partial charge in [-0.2, -0.15) is 0 Å². The monoisotopic (exact) mass is 150 g/mol. The number of ether oxygens (including phenoxy) is 2. The van der Waals surface area contributed by atoms with Crippen molar-refractivity contribution in [2.24, 2.45) is 0 Å². The van der Waals surface area contributed by atoms with Gasteiger partial charge in [0.25, 0.3) is 0 Å². The lowest BCUT2D eigenvalue weighted by molar-refractivity contribution is 0.0521. The third-order valence-corrected chi connectivity index (χ3v) is 1.47. The van der Waals surface area contributed by atoms with E-state index in [-0.39, 0.29) is 0 Å². The predicted octanol–water partition coefficient (Wildman–Crippen LogP) is 1.03. The SMILES string of the molecule is ClCCOC1CCOC1. The second kappa shape index (κ2) is 4.09. The van der Waals surface area contributed by atoms with Crippen LogP contribution < -0.4 is 0 Å². The number of hydrogen-bond donors (Lipinski definition) is 0. The maximum absolute atomic E-state index is 5.41. The van der Waals surface area contributed by atoms with Gasteiger partial charge in [-0.1, -0.05) is 0 Å². The lowest BCUT2D eigenvalue weighted by Crippen LogP contribution is -2.13. The van der Waals surface area contributed by atoms with Crippen LogP contribution in [0.4, 0.5) is 0 Å². The molecular formula is C6H11ClO2. The van der Waals surface area contributed by atoms with Gasteiger partial charge in [-0.25, -0.2) is 0 Å². The van der Waals surface area contributed by atoms with Crippen molar-refractivity contribution in [2.45, 2.75) is 12.5 Å². The van der Waals surface area contributed by atoms with Crippen molar-refractivity contribution in [3.05, 3.63) is 0 Å². The Morgan fingerprint density at radius 2 is 2.56 bits per heavy atom. The van der Waals surface area contributed by atoms with Gasteiger partial charge >= 0.3 is 0 Å². The van der Waals surface area contributed by atoms with Crippen molar-refractivity contribution < 1.29 is 9.47 Å². The Morgan fingerprint density at radius 1 is 1.67 bits per heavy atom. The number of halogens is 1. The molecule has 1 aliphatic rings. The van der Waals surface area contributed by atoms with E-state index < -0.39 is 0 Å². The standard InChI is InChI=1S/C6H11ClO2/c7-2-4-9-6-1-3-8-5-6/h6H,1-5H2. The van der Waals surface area contributed by atoms with Crippen LogP contribution in [0.2, 0.25) is 0 Å². The zero-order chi connectivity index (χ0) is 6.53. The van der Waals surface area contributed by atoms with Crippen molar-refractivity contribution in [1.29, 1.82) is 0 Å². The second-order valence-electron chi connectivity index (χ2n) is 2.05. The summed E-state index contributed by atoms with van der Waals surface area (Å²) >= 11 is 5.41. The Kier molecular flexibility index (Phi) is 3.33. The Bertz CT molecular complexity index is 71.5. The molecule has 0 aliphatic carbocycles. The molecule has 1 heterocycles. The molecule has 0 aromatic carbocycles. The Hall–Kier alpha value is 0.210. The first-order valence-corrected chi connectivity index (χ1v) is 3.72. The minimum atomic E-state index is 0.309. The van der Waals surface area contributed by atoms with E-state index in [1.54, 1.807) is 0 Å². The molecule has 0 saturated carbocycles. The second-order valence-corrected chi connectivity index (χ2v) is 2.42. The average molecular weight is 151 g/mol. The highest BCUT2D eigenvalue weighted by atomic mass is 35.5. The first-order chi connectivity index (χ1) is 4.43. The van der Waals surface area contributed by atoms with E-state index in [1.807, 2.05) is 0 Å². The summed E-state index contributed by atoms with van der Waals surface area (Å²) in [7, 11) is 0. The fourth-order valence-electron chi connectivity index (χ4n) is 0.856. The van der Waals surface area contributed by atoms with Crippen molar-refractivity contribution in [1.82, 2.24) is 0 Å². The fraction of sp³-hybridized carbons (Fsp3) is 1.00. The summed E-state index contributed by atoms with van der Waals surface area (Å²) in [6.07, 6.45) is 1.33. The molecule has 1 atom stereocenters. The molecule has 9 heavy (non-hydrogen) atoms. The highest BCUT2D eigenvalue weighted by Crippen LogP contribution is 2.07. The first-order valence-electron chi connectivity index (χ1n) is 3.19. The summed E-state index contributed by atoms with van der Waals surface area (Å²) in [6.45, 7) is 2.24. The van der Waals surface area contributed by atoms with E-state index >= 15 is 0 Å². The molecule has 0 radical (unpaired) electrons. The molecule has 0 aromatic rings. The van der Waals surface area contributed by atoms with Crippen LogP contribution in [-0.4, -0.2) is 31.8 Å². The van der Waals surface area contributed by atoms with Gasteiger partial charge in [-0.05, 0) is 6.42 Å². The summed E-state index contributed by atoms with van der Waals surface area (Å²) in [5.74, 6) is 0.580. The molecular weight excluding hydrogens is 140 g/mol. The van der Waals surface area contributed by atoms with Crippen LogP contribution >= 0.6 is 11.6 Å². The van der Waals surface area contributed by atoms with Gasteiger partial charge in [0.15, 0.2) is 0 Å². The maximum Gasteiger partial charge on any atom is 0.0830 e. The third kappa shape index (κ3) is 2.52. The van der Waals surface area contributed by atoms with Crippen LogP contribution in [0, 0.1) is 0 Å². The van der Waals surface area contributed by atoms with Crippen molar-refractivity contribution in [3.8, 4) is 0 Å². The lowest BCUT2D eigenvalue weighted by atomic mass is 10.3. The minimum Gasteiger partial charge on any atom is -0.379 e. The van der Waals surface area contributed by atoms with E-state index in [2.05, 4.69) is 0 Å². The van der Waals surface area contributed by atoms with E-state index in [1.165, 1.54) is 0 Å². The van der Waals surface area contributed by atoms with E-state index in [0.717, 1.165) is 19.6 Å². The third-order valence-electron chi connectivity index (χ3n) is 1.32. The summed E-state index contributed by atoms with van der Waals surface area (Å²) in [4.78, 5) is 0. The van der Waals surface area contributed by atoms with Gasteiger partial charge in [0.1, 0.15) is 0 Å². The lowest BCUT2D eigenvalue weighted by Gasteiger charge is -2.06. The largest absolute Gasteiger partial charge is 0.379 e. The molecule has 1 unspecified atom stereocenters. The van der Waals surface area contributed by atoms with Crippen LogP contribution in [0.1, 0.15) is 6.42 Å². The maximum atomic E-state index is 5.41. The van der Waals surface area contributed by atoms with Gasteiger partial charge in [0.2, 0.25) is 0 Å². The summed E-state index contributed by atoms with van der Waals surface area (Å²) in [6, 6.07) is 0. The predicted molar refractivity (Wildman–Crippen MR) is 35.9 cm³/mol. The molecule has 1 saturated heterocycles. The average Bonchev–Trinajstić information content (AvgIpc) is 2.34. The molecule has 2 nitrogen and oxygen atoms in total. The van der Waals surface area contributed by atoms with Crippen LogP contribution in [0.3, 0.4) is 0 Å². The summed E-state index contributed by atoms with van der Waals surface area (Å²) in [5, 5.41) is 0. The molecule has 3 heteroatoms.